The van der Waals surface area contributed by atoms with Gasteiger partial charge in [0.05, 0.1) is 4.90 Å². The van der Waals surface area contributed by atoms with E-state index in [2.05, 4.69) is 0 Å². The lowest BCUT2D eigenvalue weighted by atomic mass is 10.2. The van der Waals surface area contributed by atoms with Crippen molar-refractivity contribution < 1.29 is 12.8 Å². The third kappa shape index (κ3) is 2.06. The highest BCUT2D eigenvalue weighted by Crippen LogP contribution is 2.16. The minimum absolute atomic E-state index is 0.0353. The Bertz CT molecular complexity index is 379. The van der Waals surface area contributed by atoms with Crippen LogP contribution in [0.4, 0.5) is 4.39 Å². The molecule has 0 heterocycles. The lowest BCUT2D eigenvalue weighted by Gasteiger charge is -2.04. The smallest absolute Gasteiger partial charge is 0.210 e. The van der Waals surface area contributed by atoms with E-state index >= 15 is 0 Å². The lowest BCUT2D eigenvalue weighted by molar-refractivity contribution is 0.443. The van der Waals surface area contributed by atoms with E-state index in [4.69, 9.17) is 0 Å². The van der Waals surface area contributed by atoms with Gasteiger partial charge in [0.15, 0.2) is 0 Å². The largest absolute Gasteiger partial charge is 0.230 e. The van der Waals surface area contributed by atoms with E-state index in [0.717, 1.165) is 12.5 Å². The number of sulfone groups is 1. The zero-order valence-corrected chi connectivity index (χ0v) is 8.31. The van der Waals surface area contributed by atoms with Crippen molar-refractivity contribution in [3.8, 4) is 0 Å². The fourth-order valence-corrected chi connectivity index (χ4v) is 1.81. The molecule has 0 aliphatic rings. The molecule has 0 radical (unpaired) electrons. The summed E-state index contributed by atoms with van der Waals surface area (Å²) in [5.41, 5.74) is -0.902. The van der Waals surface area contributed by atoms with Gasteiger partial charge in [-0.15, -0.1) is 0 Å². The summed E-state index contributed by atoms with van der Waals surface area (Å²) in [4.78, 5) is 0.0353. The first-order chi connectivity index (χ1) is 5.94. The second kappa shape index (κ2) is 3.46. The first kappa shape index (κ1) is 10.2. The molecule has 0 aliphatic heterocycles. The Morgan fingerprint density at radius 3 is 2.08 bits per heavy atom. The quantitative estimate of drug-likeness (QED) is 0.735. The SMILES string of the molecule is Cc1ccc(S(=O)(=O)C(C)F)cc1. The van der Waals surface area contributed by atoms with Crippen molar-refractivity contribution in [1.29, 1.82) is 0 Å². The Labute approximate surface area is 77.3 Å². The summed E-state index contributed by atoms with van der Waals surface area (Å²) in [5.74, 6) is 0. The van der Waals surface area contributed by atoms with E-state index < -0.39 is 15.3 Å². The van der Waals surface area contributed by atoms with Gasteiger partial charge in [-0.1, -0.05) is 17.7 Å². The molecule has 0 bridgehead atoms. The van der Waals surface area contributed by atoms with Gasteiger partial charge in [-0.2, -0.15) is 0 Å². The maximum atomic E-state index is 12.7. The van der Waals surface area contributed by atoms with Gasteiger partial charge < -0.3 is 0 Å². The third-order valence-electron chi connectivity index (χ3n) is 1.78. The molecule has 0 amide bonds. The van der Waals surface area contributed by atoms with Crippen LogP contribution in [0.1, 0.15) is 12.5 Å². The summed E-state index contributed by atoms with van der Waals surface area (Å²) in [7, 11) is -3.76. The van der Waals surface area contributed by atoms with Crippen LogP contribution in [0.3, 0.4) is 0 Å². The summed E-state index contributed by atoms with van der Waals surface area (Å²) >= 11 is 0. The van der Waals surface area contributed by atoms with E-state index in [-0.39, 0.29) is 4.90 Å². The molecule has 0 saturated heterocycles. The first-order valence-electron chi connectivity index (χ1n) is 3.89. The Morgan fingerprint density at radius 2 is 1.69 bits per heavy atom. The molecule has 1 atom stereocenters. The second-order valence-corrected chi connectivity index (χ2v) is 5.11. The van der Waals surface area contributed by atoms with Crippen molar-refractivity contribution in [3.63, 3.8) is 0 Å². The van der Waals surface area contributed by atoms with Gasteiger partial charge in [-0.25, -0.2) is 12.8 Å². The minimum atomic E-state index is -3.76. The standard InChI is InChI=1S/C9H11FO2S/c1-7-3-5-9(6-4-7)13(11,12)8(2)10/h3-6,8H,1-2H3. The molecule has 4 heteroatoms. The van der Waals surface area contributed by atoms with Crippen molar-refractivity contribution in [2.24, 2.45) is 0 Å². The van der Waals surface area contributed by atoms with Crippen molar-refractivity contribution >= 4 is 9.84 Å². The average molecular weight is 202 g/mol. The third-order valence-corrected chi connectivity index (χ3v) is 3.56. The van der Waals surface area contributed by atoms with E-state index in [1.807, 2.05) is 6.92 Å². The van der Waals surface area contributed by atoms with Gasteiger partial charge in [-0.3, -0.25) is 0 Å². The number of alkyl halides is 1. The average Bonchev–Trinajstić information content (AvgIpc) is 2.04. The molecule has 72 valence electrons. The molecule has 0 saturated carbocycles. The Morgan fingerprint density at radius 1 is 1.23 bits per heavy atom. The fraction of sp³-hybridized carbons (Fsp3) is 0.333. The Hall–Kier alpha value is -0.900. The number of halogens is 1. The van der Waals surface area contributed by atoms with E-state index in [1.165, 1.54) is 12.1 Å². The number of benzene rings is 1. The summed E-state index contributed by atoms with van der Waals surface area (Å²) in [5, 5.41) is 0. The van der Waals surface area contributed by atoms with Crippen LogP contribution >= 0.6 is 0 Å². The van der Waals surface area contributed by atoms with Gasteiger partial charge >= 0.3 is 0 Å². The Kier molecular flexibility index (Phi) is 2.71. The highest BCUT2D eigenvalue weighted by atomic mass is 32.2. The maximum absolute atomic E-state index is 12.7. The van der Waals surface area contributed by atoms with Crippen LogP contribution in [0, 0.1) is 6.92 Å². The van der Waals surface area contributed by atoms with Crippen LogP contribution < -0.4 is 0 Å². The van der Waals surface area contributed by atoms with Crippen LogP contribution in [0.5, 0.6) is 0 Å². The van der Waals surface area contributed by atoms with Crippen molar-refractivity contribution in [1.82, 2.24) is 0 Å². The van der Waals surface area contributed by atoms with Crippen molar-refractivity contribution in [3.05, 3.63) is 29.8 Å². The van der Waals surface area contributed by atoms with Crippen molar-refractivity contribution in [2.75, 3.05) is 0 Å². The van der Waals surface area contributed by atoms with Gasteiger partial charge in [-0.05, 0) is 26.0 Å². The summed E-state index contributed by atoms with van der Waals surface area (Å²) < 4.78 is 35.2. The molecule has 1 rings (SSSR count). The molecule has 0 N–H and O–H groups in total. The van der Waals surface area contributed by atoms with Crippen LogP contribution in [0.2, 0.25) is 0 Å². The van der Waals surface area contributed by atoms with Gasteiger partial charge in [0.2, 0.25) is 15.3 Å². The van der Waals surface area contributed by atoms with Crippen LogP contribution in [0.15, 0.2) is 29.2 Å². The van der Waals surface area contributed by atoms with Crippen LogP contribution in [-0.2, 0) is 9.84 Å². The first-order valence-corrected chi connectivity index (χ1v) is 5.44. The summed E-state index contributed by atoms with van der Waals surface area (Å²) in [6.07, 6.45) is 0. The summed E-state index contributed by atoms with van der Waals surface area (Å²) in [6.45, 7) is 2.87. The topological polar surface area (TPSA) is 34.1 Å². The van der Waals surface area contributed by atoms with Crippen molar-refractivity contribution in [2.45, 2.75) is 24.2 Å². The molecule has 0 aliphatic carbocycles. The maximum Gasteiger partial charge on any atom is 0.210 e. The lowest BCUT2D eigenvalue weighted by Crippen LogP contribution is -2.12. The van der Waals surface area contributed by atoms with E-state index in [9.17, 15) is 12.8 Å². The fourth-order valence-electron chi connectivity index (χ4n) is 0.915. The molecule has 0 fully saturated rings. The van der Waals surface area contributed by atoms with Gasteiger partial charge in [0.1, 0.15) is 0 Å². The van der Waals surface area contributed by atoms with E-state index in [1.54, 1.807) is 12.1 Å². The minimum Gasteiger partial charge on any atom is -0.230 e. The van der Waals surface area contributed by atoms with E-state index in [0.29, 0.717) is 0 Å². The van der Waals surface area contributed by atoms with Crippen LogP contribution in [-0.4, -0.2) is 13.9 Å². The van der Waals surface area contributed by atoms with Gasteiger partial charge in [0, 0.05) is 0 Å². The molecule has 1 unspecified atom stereocenters. The molecule has 0 spiro atoms. The predicted octanol–water partition coefficient (Wildman–Crippen LogP) is 2.08. The number of rotatable bonds is 2. The molecule has 0 aromatic heterocycles. The number of hydrogen-bond donors (Lipinski definition) is 0. The molecular formula is C9H11FO2S. The number of hydrogen-bond acceptors (Lipinski definition) is 2. The molecule has 13 heavy (non-hydrogen) atoms. The zero-order chi connectivity index (χ0) is 10.1. The molecular weight excluding hydrogens is 191 g/mol. The van der Waals surface area contributed by atoms with Crippen LogP contribution in [0.25, 0.3) is 0 Å². The summed E-state index contributed by atoms with van der Waals surface area (Å²) in [6, 6.07) is 6.13. The highest BCUT2D eigenvalue weighted by Gasteiger charge is 2.21. The van der Waals surface area contributed by atoms with Gasteiger partial charge in [0.25, 0.3) is 0 Å². The Balaban J connectivity index is 3.17. The second-order valence-electron chi connectivity index (χ2n) is 2.90. The molecule has 2 nitrogen and oxygen atoms in total. The zero-order valence-electron chi connectivity index (χ0n) is 7.49. The monoisotopic (exact) mass is 202 g/mol. The highest BCUT2D eigenvalue weighted by molar-refractivity contribution is 7.91. The molecule has 1 aromatic carbocycles. The predicted molar refractivity (Wildman–Crippen MR) is 48.9 cm³/mol. The molecule has 1 aromatic rings. The normalized spacial score (nSPS) is 14.1. The number of aryl methyl sites for hydroxylation is 1.